The van der Waals surface area contributed by atoms with Crippen LogP contribution in [0.2, 0.25) is 0 Å². The first-order chi connectivity index (χ1) is 2.00. The van der Waals surface area contributed by atoms with Crippen LogP contribution in [0.1, 0.15) is 4.28 Å². The summed E-state index contributed by atoms with van der Waals surface area (Å²) in [5.41, 5.74) is 0. The van der Waals surface area contributed by atoms with Crippen molar-refractivity contribution in [2.45, 2.75) is 0 Å². The second-order valence-electron chi connectivity index (χ2n) is 0.513. The van der Waals surface area contributed by atoms with E-state index in [1.807, 2.05) is 0 Å². The van der Waals surface area contributed by atoms with Gasteiger partial charge in [-0.25, -0.2) is 4.57 Å². The molecule has 0 aliphatic heterocycles. The molecular weight excluding hydrogens is 485 g/mol. The van der Waals surface area contributed by atoms with E-state index in [1.165, 1.54) is 0 Å². The molecule has 0 fully saturated rings. The first kappa shape index (κ1) is 29.2. The van der Waals surface area contributed by atoms with Crippen LogP contribution in [0, 0.1) is 77.3 Å². The zero-order valence-electron chi connectivity index (χ0n) is 7.98. The summed E-state index contributed by atoms with van der Waals surface area (Å²) in [6.07, 6.45) is 0. The van der Waals surface area contributed by atoms with E-state index in [9.17, 15) is 0 Å². The molecule has 0 bridgehead atoms. The third-order valence-corrected chi connectivity index (χ3v) is 0. The molecule has 0 aromatic carbocycles. The van der Waals surface area contributed by atoms with Crippen molar-refractivity contribution in [1.82, 2.24) is 0 Å². The molecule has 3 N–H and O–H groups in total. The molecule has 0 saturated heterocycles. The van der Waals surface area contributed by atoms with Gasteiger partial charge >= 0.3 is 82.9 Å². The van der Waals surface area contributed by atoms with Crippen molar-refractivity contribution in [1.29, 1.82) is 0 Å². The van der Waals surface area contributed by atoms with Gasteiger partial charge in [-0.05, 0) is 0 Å². The molecule has 0 atom stereocenters. The van der Waals surface area contributed by atoms with Crippen LogP contribution < -0.4 is 29.6 Å². The summed E-state index contributed by atoms with van der Waals surface area (Å²) in [6, 6.07) is 0. The maximum atomic E-state index is 8.88. The minimum atomic E-state index is -4.64. The Balaban J connectivity index is -0.00000000381. The average molecular weight is 491 g/mol. The second-order valence-corrected chi connectivity index (χ2v) is 1.54. The summed E-state index contributed by atoms with van der Waals surface area (Å²) in [4.78, 5) is 21.6. The third kappa shape index (κ3) is 61.5. The molecule has 0 saturated carbocycles. The Labute approximate surface area is 179 Å². The molecule has 0 heterocycles. The van der Waals surface area contributed by atoms with Crippen LogP contribution in [-0.2, 0) is 4.57 Å². The van der Waals surface area contributed by atoms with Crippen molar-refractivity contribution in [3.63, 3.8) is 0 Å². The summed E-state index contributed by atoms with van der Waals surface area (Å²) >= 11 is 0. The molecule has 9 heteroatoms. The molecule has 0 aromatic rings. The van der Waals surface area contributed by atoms with Gasteiger partial charge in [-0.15, -0.1) is 0 Å². The zero-order valence-corrected chi connectivity index (χ0v) is 18.1. The molecule has 9 heavy (non-hydrogen) atoms. The van der Waals surface area contributed by atoms with Crippen molar-refractivity contribution >= 4 is 53.3 Å². The minimum absolute atomic E-state index is 0. The number of phosphoric acid groups is 1. The molecule has 0 rings (SSSR count). The minimum Gasteiger partial charge on any atom is -1.00 e. The number of rotatable bonds is 0. The van der Waals surface area contributed by atoms with Crippen molar-refractivity contribution < 1.29 is 130 Å². The first-order valence-electron chi connectivity index (χ1n) is 0.783. The van der Waals surface area contributed by atoms with Gasteiger partial charge in [0.25, 0.3) is 0 Å². The monoisotopic (exact) mass is 491 g/mol. The maximum Gasteiger partial charge on any atom is 2.00 e. The van der Waals surface area contributed by atoms with Gasteiger partial charge in [0.15, 0.2) is 0 Å². The maximum absolute atomic E-state index is 8.88. The quantitative estimate of drug-likeness (QED) is 0.239. The van der Waals surface area contributed by atoms with Crippen molar-refractivity contribution in [3.05, 3.63) is 0 Å². The molecule has 1 radical (unpaired) electrons. The standard InChI is InChI=1S/Ce.La.Na.H3O4P.Sr.3H/c;;;1-5(2,3)4;;;;/h;;;(H3,1,2,3,4);;;;/q;;+1;;+2;3*-1. The average Bonchev–Trinajstić information content (AvgIpc) is 0.722. The molecule has 0 aliphatic rings. The largest absolute Gasteiger partial charge is 2.00 e. The van der Waals surface area contributed by atoms with E-state index in [2.05, 4.69) is 0 Å². The van der Waals surface area contributed by atoms with Gasteiger partial charge in [0, 0.05) is 77.3 Å². The van der Waals surface area contributed by atoms with Gasteiger partial charge in [-0.2, -0.15) is 0 Å². The van der Waals surface area contributed by atoms with Gasteiger partial charge in [0.05, 0.1) is 0 Å². The fourth-order valence-corrected chi connectivity index (χ4v) is 0. The molecule has 45 valence electrons. The van der Waals surface area contributed by atoms with E-state index >= 15 is 0 Å². The summed E-state index contributed by atoms with van der Waals surface area (Å²) in [7, 11) is -4.64. The second kappa shape index (κ2) is 15.6. The van der Waals surface area contributed by atoms with Gasteiger partial charge in [0.1, 0.15) is 0 Å². The van der Waals surface area contributed by atoms with Crippen LogP contribution in [0.4, 0.5) is 0 Å². The Hall–Kier alpha value is 5.16. The van der Waals surface area contributed by atoms with Crippen molar-refractivity contribution in [2.24, 2.45) is 0 Å². The Bertz CT molecular complexity index is 76.4. The molecular formula is H6CeLaNaO4PSr. The van der Waals surface area contributed by atoms with Gasteiger partial charge in [-0.3, -0.25) is 0 Å². The van der Waals surface area contributed by atoms with E-state index in [0.29, 0.717) is 0 Å². The Kier molecular flexibility index (Phi) is 50.7. The molecule has 0 aromatic heterocycles. The van der Waals surface area contributed by atoms with Crippen LogP contribution >= 0.6 is 7.82 Å². The fourth-order valence-electron chi connectivity index (χ4n) is 0. The molecule has 0 aliphatic carbocycles. The van der Waals surface area contributed by atoms with E-state index in [4.69, 9.17) is 19.2 Å². The molecule has 0 spiro atoms. The van der Waals surface area contributed by atoms with Crippen molar-refractivity contribution in [2.75, 3.05) is 0 Å². The molecule has 0 amide bonds. The van der Waals surface area contributed by atoms with Gasteiger partial charge in [0.2, 0.25) is 0 Å². The summed E-state index contributed by atoms with van der Waals surface area (Å²) in [5.74, 6) is 0. The Morgan fingerprint density at radius 3 is 1.22 bits per heavy atom. The SMILES string of the molecule is O=P(O)(O)O.[Ce].[H-].[H-].[H-].[La].[Na+].[Sr+2]. The summed E-state index contributed by atoms with van der Waals surface area (Å²) in [6.45, 7) is 0. The van der Waals surface area contributed by atoms with E-state index in [0.717, 1.165) is 0 Å². The smallest absolute Gasteiger partial charge is 1.00 e. The third-order valence-electron chi connectivity index (χ3n) is 0. The summed E-state index contributed by atoms with van der Waals surface area (Å²) < 4.78 is 8.88. The predicted molar refractivity (Wildman–Crippen MR) is 23.4 cm³/mol. The topological polar surface area (TPSA) is 77.8 Å². The van der Waals surface area contributed by atoms with Crippen LogP contribution in [0.5, 0.6) is 0 Å². The van der Waals surface area contributed by atoms with Crippen LogP contribution in [0.15, 0.2) is 0 Å². The number of hydrogen-bond acceptors (Lipinski definition) is 1. The molecule has 4 nitrogen and oxygen atoms in total. The fraction of sp³-hybridized carbons (Fsp3) is 0. The van der Waals surface area contributed by atoms with E-state index < -0.39 is 7.82 Å². The Morgan fingerprint density at radius 1 is 1.22 bits per heavy atom. The van der Waals surface area contributed by atoms with Gasteiger partial charge in [-0.1, -0.05) is 0 Å². The normalized spacial score (nSPS) is 6.56. The van der Waals surface area contributed by atoms with Crippen LogP contribution in [-0.4, -0.2) is 60.2 Å². The Morgan fingerprint density at radius 2 is 1.22 bits per heavy atom. The first-order valence-corrected chi connectivity index (χ1v) is 2.35. The van der Waals surface area contributed by atoms with Crippen molar-refractivity contribution in [3.8, 4) is 0 Å². The molecule has 0 unspecified atom stereocenters. The van der Waals surface area contributed by atoms with Crippen LogP contribution in [0.3, 0.4) is 0 Å². The van der Waals surface area contributed by atoms with Gasteiger partial charge < -0.3 is 19.0 Å². The van der Waals surface area contributed by atoms with E-state index in [1.54, 1.807) is 0 Å². The van der Waals surface area contributed by atoms with Crippen LogP contribution in [0.25, 0.3) is 0 Å². The predicted octanol–water partition coefficient (Wildman–Crippen LogP) is -3.97. The van der Waals surface area contributed by atoms with E-state index in [-0.39, 0.29) is 157 Å². The summed E-state index contributed by atoms with van der Waals surface area (Å²) in [5, 5.41) is 0. The number of hydrogen-bond donors (Lipinski definition) is 3. The zero-order chi connectivity index (χ0) is 4.50.